The molecule has 2 aromatic rings. The van der Waals surface area contributed by atoms with Crippen LogP contribution in [0.2, 0.25) is 0 Å². The van der Waals surface area contributed by atoms with E-state index in [0.29, 0.717) is 0 Å². The molecule has 1 aromatic carbocycles. The Labute approximate surface area is 120 Å². The molecule has 0 amide bonds. The number of nitrogens with zero attached hydrogens (tertiary/aromatic N) is 1. The zero-order chi connectivity index (χ0) is 15.0. The van der Waals surface area contributed by atoms with E-state index in [0.717, 1.165) is 24.7 Å². The van der Waals surface area contributed by atoms with Crippen LogP contribution in [-0.2, 0) is 16.2 Å². The first-order valence-electron chi connectivity index (χ1n) is 5.08. The van der Waals surface area contributed by atoms with E-state index in [1.54, 1.807) is 0 Å². The number of alkyl halides is 3. The third-order valence-electron chi connectivity index (χ3n) is 2.29. The molecule has 1 aromatic heterocycles. The molecule has 0 saturated carbocycles. The van der Waals surface area contributed by atoms with Crippen LogP contribution in [0.25, 0.3) is 0 Å². The number of aromatic amines is 1. The van der Waals surface area contributed by atoms with Gasteiger partial charge in [0.2, 0.25) is 0 Å². The lowest BCUT2D eigenvalue weighted by Crippen LogP contribution is -2.17. The van der Waals surface area contributed by atoms with Crippen LogP contribution in [-0.4, -0.2) is 18.4 Å². The molecule has 0 fully saturated rings. The highest BCUT2D eigenvalue weighted by molar-refractivity contribution is 9.10. The molecular formula is C10H7BrF3N3O2S. The number of anilines is 1. The molecule has 5 nitrogen and oxygen atoms in total. The van der Waals surface area contributed by atoms with Crippen molar-refractivity contribution in [2.45, 2.75) is 11.2 Å². The fourth-order valence-electron chi connectivity index (χ4n) is 1.43. The average Bonchev–Trinajstić information content (AvgIpc) is 2.84. The van der Waals surface area contributed by atoms with Crippen molar-refractivity contribution in [1.29, 1.82) is 0 Å². The van der Waals surface area contributed by atoms with Crippen molar-refractivity contribution in [2.24, 2.45) is 0 Å². The highest BCUT2D eigenvalue weighted by Crippen LogP contribution is 2.37. The number of sulfonamides is 1. The molecule has 0 bridgehead atoms. The number of nitrogens with one attached hydrogen (secondary N) is 2. The van der Waals surface area contributed by atoms with Gasteiger partial charge < -0.3 is 4.98 Å². The second kappa shape index (κ2) is 5.09. The Hall–Kier alpha value is -1.55. The van der Waals surface area contributed by atoms with E-state index < -0.39 is 27.5 Å². The van der Waals surface area contributed by atoms with Crippen molar-refractivity contribution in [3.8, 4) is 0 Å². The summed E-state index contributed by atoms with van der Waals surface area (Å²) in [6, 6.07) is 3.13. The van der Waals surface area contributed by atoms with Gasteiger partial charge in [0.25, 0.3) is 10.0 Å². The Bertz CT molecular complexity index is 714. The minimum Gasteiger partial charge on any atom is -0.334 e. The standard InChI is InChI=1S/C10H7BrF3N3O2S/c11-6-1-2-8(7(3-6)10(12,13)14)17-20(18,19)9-4-15-5-16-9/h1-5,17H,(H,15,16). The summed E-state index contributed by atoms with van der Waals surface area (Å²) < 4.78 is 64.4. The Kier molecular flexibility index (Phi) is 3.78. The number of imidazole rings is 1. The van der Waals surface area contributed by atoms with Gasteiger partial charge in [0.05, 0.1) is 23.8 Å². The molecule has 0 saturated heterocycles. The lowest BCUT2D eigenvalue weighted by molar-refractivity contribution is -0.136. The van der Waals surface area contributed by atoms with E-state index in [1.165, 1.54) is 6.07 Å². The molecule has 0 aliphatic carbocycles. The summed E-state index contributed by atoms with van der Waals surface area (Å²) in [6.07, 6.45) is -2.58. The van der Waals surface area contributed by atoms with Crippen molar-refractivity contribution in [3.63, 3.8) is 0 Å². The highest BCUT2D eigenvalue weighted by Gasteiger charge is 2.35. The van der Waals surface area contributed by atoms with Gasteiger partial charge in [-0.2, -0.15) is 21.6 Å². The predicted octanol–water partition coefficient (Wildman–Crippen LogP) is 2.99. The van der Waals surface area contributed by atoms with Gasteiger partial charge in [0.1, 0.15) is 0 Å². The number of benzene rings is 1. The molecule has 0 unspecified atom stereocenters. The summed E-state index contributed by atoms with van der Waals surface area (Å²) in [5.74, 6) is 0. The van der Waals surface area contributed by atoms with Crippen LogP contribution < -0.4 is 4.72 Å². The first-order chi connectivity index (χ1) is 9.20. The molecular weight excluding hydrogens is 363 g/mol. The summed E-state index contributed by atoms with van der Waals surface area (Å²) >= 11 is 2.91. The summed E-state index contributed by atoms with van der Waals surface area (Å²) in [7, 11) is -4.15. The Morgan fingerprint density at radius 3 is 2.55 bits per heavy atom. The number of H-pyrrole nitrogens is 1. The summed E-state index contributed by atoms with van der Waals surface area (Å²) in [4.78, 5) is 5.83. The van der Waals surface area contributed by atoms with Crippen molar-refractivity contribution in [2.75, 3.05) is 4.72 Å². The molecule has 0 radical (unpaired) electrons. The molecule has 2 rings (SSSR count). The maximum absolute atomic E-state index is 12.9. The van der Waals surface area contributed by atoms with Gasteiger partial charge in [-0.1, -0.05) is 15.9 Å². The molecule has 2 N–H and O–H groups in total. The van der Waals surface area contributed by atoms with Gasteiger partial charge in [0, 0.05) is 4.47 Å². The third kappa shape index (κ3) is 3.12. The molecule has 0 aliphatic heterocycles. The van der Waals surface area contributed by atoms with Gasteiger partial charge in [-0.3, -0.25) is 4.72 Å². The van der Waals surface area contributed by atoms with Crippen molar-refractivity contribution >= 4 is 31.6 Å². The molecule has 108 valence electrons. The van der Waals surface area contributed by atoms with E-state index in [2.05, 4.69) is 25.9 Å². The first-order valence-corrected chi connectivity index (χ1v) is 7.36. The van der Waals surface area contributed by atoms with Crippen LogP contribution in [0.1, 0.15) is 5.56 Å². The monoisotopic (exact) mass is 369 g/mol. The number of hydrogen-bond acceptors (Lipinski definition) is 3. The highest BCUT2D eigenvalue weighted by atomic mass is 79.9. The van der Waals surface area contributed by atoms with Gasteiger partial charge in [-0.25, -0.2) is 4.98 Å². The Morgan fingerprint density at radius 1 is 1.30 bits per heavy atom. The van der Waals surface area contributed by atoms with Crippen LogP contribution in [0.4, 0.5) is 18.9 Å². The van der Waals surface area contributed by atoms with Crippen LogP contribution >= 0.6 is 15.9 Å². The normalized spacial score (nSPS) is 12.4. The fourth-order valence-corrected chi connectivity index (χ4v) is 2.78. The van der Waals surface area contributed by atoms with Crippen LogP contribution in [0.5, 0.6) is 0 Å². The van der Waals surface area contributed by atoms with Crippen molar-refractivity contribution in [3.05, 3.63) is 40.8 Å². The summed E-state index contributed by atoms with van der Waals surface area (Å²) in [5, 5.41) is -0.325. The minimum absolute atomic E-state index is 0.189. The molecule has 0 aliphatic rings. The summed E-state index contributed by atoms with van der Waals surface area (Å²) in [6.45, 7) is 0. The average molecular weight is 370 g/mol. The smallest absolute Gasteiger partial charge is 0.334 e. The molecule has 20 heavy (non-hydrogen) atoms. The maximum atomic E-state index is 12.9. The number of hydrogen-bond donors (Lipinski definition) is 2. The predicted molar refractivity (Wildman–Crippen MR) is 68.5 cm³/mol. The Balaban J connectivity index is 2.45. The van der Waals surface area contributed by atoms with E-state index in [9.17, 15) is 21.6 Å². The quantitative estimate of drug-likeness (QED) is 0.873. The molecule has 1 heterocycles. The number of halogens is 4. The number of aromatic nitrogens is 2. The second-order valence-electron chi connectivity index (χ2n) is 3.71. The van der Waals surface area contributed by atoms with Crippen LogP contribution in [0, 0.1) is 0 Å². The van der Waals surface area contributed by atoms with Gasteiger partial charge >= 0.3 is 6.18 Å². The summed E-state index contributed by atoms with van der Waals surface area (Å²) in [5.41, 5.74) is -1.65. The fraction of sp³-hybridized carbons (Fsp3) is 0.100. The van der Waals surface area contributed by atoms with E-state index >= 15 is 0 Å². The largest absolute Gasteiger partial charge is 0.418 e. The van der Waals surface area contributed by atoms with Crippen LogP contribution in [0.3, 0.4) is 0 Å². The maximum Gasteiger partial charge on any atom is 0.418 e. The SMILES string of the molecule is O=S(=O)(Nc1ccc(Br)cc1C(F)(F)F)c1cnc[nH]1. The molecule has 10 heteroatoms. The first kappa shape index (κ1) is 14.9. The zero-order valence-electron chi connectivity index (χ0n) is 9.57. The van der Waals surface area contributed by atoms with Gasteiger partial charge in [0.15, 0.2) is 5.03 Å². The van der Waals surface area contributed by atoms with Crippen molar-refractivity contribution in [1.82, 2.24) is 9.97 Å². The lowest BCUT2D eigenvalue weighted by atomic mass is 10.2. The topological polar surface area (TPSA) is 74.8 Å². The zero-order valence-corrected chi connectivity index (χ0v) is 12.0. The minimum atomic E-state index is -4.68. The van der Waals surface area contributed by atoms with Gasteiger partial charge in [-0.15, -0.1) is 0 Å². The van der Waals surface area contributed by atoms with Crippen LogP contribution in [0.15, 0.2) is 40.2 Å². The van der Waals surface area contributed by atoms with E-state index in [4.69, 9.17) is 0 Å². The lowest BCUT2D eigenvalue weighted by Gasteiger charge is -2.14. The van der Waals surface area contributed by atoms with E-state index in [-0.39, 0.29) is 9.50 Å². The Morgan fingerprint density at radius 2 is 2.00 bits per heavy atom. The van der Waals surface area contributed by atoms with E-state index in [1.807, 2.05) is 4.72 Å². The van der Waals surface area contributed by atoms with Crippen molar-refractivity contribution < 1.29 is 21.6 Å². The molecule has 0 atom stereocenters. The molecule has 0 spiro atoms. The third-order valence-corrected chi connectivity index (χ3v) is 4.08. The number of rotatable bonds is 3. The second-order valence-corrected chi connectivity index (χ2v) is 6.28. The van der Waals surface area contributed by atoms with Gasteiger partial charge in [-0.05, 0) is 18.2 Å².